The number of benzene rings is 2. The van der Waals surface area contributed by atoms with Crippen molar-refractivity contribution in [1.29, 1.82) is 0 Å². The Hall–Kier alpha value is -1.54. The molecule has 1 nitrogen and oxygen atoms in total. The van der Waals surface area contributed by atoms with Gasteiger partial charge in [0.1, 0.15) is 5.82 Å². The summed E-state index contributed by atoms with van der Waals surface area (Å²) in [4.78, 5) is 0. The lowest BCUT2D eigenvalue weighted by Crippen LogP contribution is -2.12. The fourth-order valence-corrected chi connectivity index (χ4v) is 2.44. The van der Waals surface area contributed by atoms with Crippen LogP contribution in [0.2, 0.25) is 5.02 Å². The van der Waals surface area contributed by atoms with Gasteiger partial charge in [-0.3, -0.25) is 0 Å². The Morgan fingerprint density at radius 3 is 2.50 bits per heavy atom. The van der Waals surface area contributed by atoms with E-state index in [1.54, 1.807) is 12.1 Å². The molecule has 0 aliphatic heterocycles. The van der Waals surface area contributed by atoms with Crippen LogP contribution in [0.1, 0.15) is 37.8 Å². The van der Waals surface area contributed by atoms with E-state index < -0.39 is 0 Å². The van der Waals surface area contributed by atoms with Gasteiger partial charge in [-0.05, 0) is 24.1 Å². The third-order valence-electron chi connectivity index (χ3n) is 3.33. The fraction of sp³-hybridized carbons (Fsp3) is 0.294. The predicted molar refractivity (Wildman–Crippen MR) is 83.7 cm³/mol. The van der Waals surface area contributed by atoms with Crippen LogP contribution >= 0.6 is 11.6 Å². The van der Waals surface area contributed by atoms with Crippen molar-refractivity contribution in [2.75, 3.05) is 5.32 Å². The lowest BCUT2D eigenvalue weighted by molar-refractivity contribution is 0.607. The molecular weight excluding hydrogens is 273 g/mol. The molecule has 1 N–H and O–H groups in total. The Morgan fingerprint density at radius 2 is 1.85 bits per heavy atom. The van der Waals surface area contributed by atoms with E-state index in [9.17, 15) is 4.39 Å². The van der Waals surface area contributed by atoms with Crippen molar-refractivity contribution < 1.29 is 4.39 Å². The summed E-state index contributed by atoms with van der Waals surface area (Å²) in [5, 5.41) is 3.68. The molecule has 2 rings (SSSR count). The molecule has 0 aliphatic rings. The van der Waals surface area contributed by atoms with E-state index >= 15 is 0 Å². The first-order chi connectivity index (χ1) is 9.72. The van der Waals surface area contributed by atoms with Gasteiger partial charge in [-0.15, -0.1) is 0 Å². The summed E-state index contributed by atoms with van der Waals surface area (Å²) < 4.78 is 13.9. The molecule has 3 heteroatoms. The number of hydrogen-bond acceptors (Lipinski definition) is 1. The maximum absolute atomic E-state index is 13.9. The van der Waals surface area contributed by atoms with Gasteiger partial charge in [0.05, 0.1) is 16.8 Å². The van der Waals surface area contributed by atoms with Gasteiger partial charge in [0, 0.05) is 0 Å². The minimum Gasteiger partial charge on any atom is -0.375 e. The van der Waals surface area contributed by atoms with Crippen LogP contribution in [0.4, 0.5) is 10.1 Å². The lowest BCUT2D eigenvalue weighted by atomic mass is 10.0. The molecule has 106 valence electrons. The van der Waals surface area contributed by atoms with Crippen molar-refractivity contribution in [1.82, 2.24) is 0 Å². The van der Waals surface area contributed by atoms with Gasteiger partial charge in [-0.25, -0.2) is 4.39 Å². The lowest BCUT2D eigenvalue weighted by Gasteiger charge is -2.21. The standard InChI is InChI=1S/C17H19ClFN/c1-2-3-12-16(13-8-5-4-6-9-13)20-17-14(18)10-7-11-15(17)19/h4-11,16,20H,2-3,12H2,1H3. The molecule has 1 unspecified atom stereocenters. The molecular formula is C17H19ClFN. The van der Waals surface area contributed by atoms with Crippen LogP contribution < -0.4 is 5.32 Å². The van der Waals surface area contributed by atoms with E-state index in [0.29, 0.717) is 10.7 Å². The van der Waals surface area contributed by atoms with Gasteiger partial charge in [-0.2, -0.15) is 0 Å². The second kappa shape index (κ2) is 7.30. The molecule has 1 atom stereocenters. The maximum atomic E-state index is 13.9. The largest absolute Gasteiger partial charge is 0.375 e. The Balaban J connectivity index is 2.24. The van der Waals surface area contributed by atoms with Gasteiger partial charge < -0.3 is 5.32 Å². The Labute approximate surface area is 124 Å². The number of unbranched alkanes of at least 4 members (excludes halogenated alkanes) is 1. The molecule has 0 saturated carbocycles. The van der Waals surface area contributed by atoms with Crippen molar-refractivity contribution in [3.8, 4) is 0 Å². The average molecular weight is 292 g/mol. The summed E-state index contributed by atoms with van der Waals surface area (Å²) in [6.07, 6.45) is 3.14. The zero-order valence-corrected chi connectivity index (χ0v) is 12.3. The van der Waals surface area contributed by atoms with Gasteiger partial charge in [0.15, 0.2) is 0 Å². The van der Waals surface area contributed by atoms with Crippen molar-refractivity contribution in [3.05, 3.63) is 64.9 Å². The molecule has 0 amide bonds. The molecule has 0 spiro atoms. The number of nitrogens with one attached hydrogen (secondary N) is 1. The first kappa shape index (κ1) is 14.9. The molecule has 0 fully saturated rings. The summed E-state index contributed by atoms with van der Waals surface area (Å²) in [7, 11) is 0. The van der Waals surface area contributed by atoms with Crippen molar-refractivity contribution in [3.63, 3.8) is 0 Å². The molecule has 0 bridgehead atoms. The molecule has 0 aromatic heterocycles. The Bertz CT molecular complexity index is 522. The fourth-order valence-electron chi connectivity index (χ4n) is 2.23. The minimum absolute atomic E-state index is 0.0746. The number of rotatable bonds is 6. The van der Waals surface area contributed by atoms with E-state index in [2.05, 4.69) is 24.4 Å². The monoisotopic (exact) mass is 291 g/mol. The molecule has 0 radical (unpaired) electrons. The van der Waals surface area contributed by atoms with Crippen LogP contribution in [0, 0.1) is 5.82 Å². The highest BCUT2D eigenvalue weighted by Gasteiger charge is 2.14. The summed E-state index contributed by atoms with van der Waals surface area (Å²) in [5.41, 5.74) is 1.54. The van der Waals surface area contributed by atoms with Crippen LogP contribution in [-0.4, -0.2) is 0 Å². The summed E-state index contributed by atoms with van der Waals surface area (Å²) in [5.74, 6) is -0.310. The van der Waals surface area contributed by atoms with E-state index in [4.69, 9.17) is 11.6 Å². The number of halogens is 2. The smallest absolute Gasteiger partial charge is 0.147 e. The summed E-state index contributed by atoms with van der Waals surface area (Å²) in [6.45, 7) is 2.15. The molecule has 2 aromatic carbocycles. The van der Waals surface area contributed by atoms with E-state index in [-0.39, 0.29) is 11.9 Å². The number of hydrogen-bond donors (Lipinski definition) is 1. The topological polar surface area (TPSA) is 12.0 Å². The Morgan fingerprint density at radius 1 is 1.10 bits per heavy atom. The van der Waals surface area contributed by atoms with Crippen LogP contribution in [0.5, 0.6) is 0 Å². The SMILES string of the molecule is CCCCC(Nc1c(F)cccc1Cl)c1ccccc1. The van der Waals surface area contributed by atoms with Crippen molar-refractivity contribution in [2.45, 2.75) is 32.2 Å². The van der Waals surface area contributed by atoms with Crippen LogP contribution in [0.25, 0.3) is 0 Å². The van der Waals surface area contributed by atoms with Crippen LogP contribution in [0.15, 0.2) is 48.5 Å². The summed E-state index contributed by atoms with van der Waals surface area (Å²) >= 11 is 6.09. The average Bonchev–Trinajstić information content (AvgIpc) is 2.47. The molecule has 2 aromatic rings. The van der Waals surface area contributed by atoms with Crippen LogP contribution in [0.3, 0.4) is 0 Å². The first-order valence-corrected chi connectivity index (χ1v) is 7.35. The molecule has 0 aliphatic carbocycles. The second-order valence-electron chi connectivity index (χ2n) is 4.85. The van der Waals surface area contributed by atoms with Gasteiger partial charge in [-0.1, -0.05) is 67.8 Å². The normalized spacial score (nSPS) is 12.2. The van der Waals surface area contributed by atoms with Crippen LogP contribution in [-0.2, 0) is 0 Å². The van der Waals surface area contributed by atoms with E-state index in [1.165, 1.54) is 6.07 Å². The zero-order chi connectivity index (χ0) is 14.4. The van der Waals surface area contributed by atoms with Gasteiger partial charge in [0.2, 0.25) is 0 Å². The summed E-state index contributed by atoms with van der Waals surface area (Å²) in [6, 6.07) is 14.9. The second-order valence-corrected chi connectivity index (χ2v) is 5.25. The van der Waals surface area contributed by atoms with Gasteiger partial charge >= 0.3 is 0 Å². The molecule has 0 saturated heterocycles. The maximum Gasteiger partial charge on any atom is 0.147 e. The van der Waals surface area contributed by atoms with Crippen molar-refractivity contribution in [2.24, 2.45) is 0 Å². The first-order valence-electron chi connectivity index (χ1n) is 6.98. The Kier molecular flexibility index (Phi) is 5.42. The quantitative estimate of drug-likeness (QED) is 0.707. The molecule has 0 heterocycles. The third-order valence-corrected chi connectivity index (χ3v) is 3.64. The third kappa shape index (κ3) is 3.73. The van der Waals surface area contributed by atoms with Crippen molar-refractivity contribution >= 4 is 17.3 Å². The minimum atomic E-state index is -0.310. The zero-order valence-electron chi connectivity index (χ0n) is 11.6. The van der Waals surface area contributed by atoms with E-state index in [1.807, 2.05) is 18.2 Å². The number of anilines is 1. The highest BCUT2D eigenvalue weighted by Crippen LogP contribution is 2.31. The predicted octanol–water partition coefficient (Wildman–Crippen LogP) is 5.82. The van der Waals surface area contributed by atoms with Gasteiger partial charge in [0.25, 0.3) is 0 Å². The number of para-hydroxylation sites is 1. The highest BCUT2D eigenvalue weighted by atomic mass is 35.5. The highest BCUT2D eigenvalue weighted by molar-refractivity contribution is 6.33. The molecule has 20 heavy (non-hydrogen) atoms. The van der Waals surface area contributed by atoms with E-state index in [0.717, 1.165) is 24.8 Å².